The molecule has 218 valence electrons. The Labute approximate surface area is 231 Å². The number of nitrogens with one attached hydrogen (secondary N) is 2. The predicted molar refractivity (Wildman–Crippen MR) is 137 cm³/mol. The second-order valence-corrected chi connectivity index (χ2v) is 12.0. The second-order valence-electron chi connectivity index (χ2n) is 11.0. The smallest absolute Gasteiger partial charge is 0.391 e. The van der Waals surface area contributed by atoms with Gasteiger partial charge >= 0.3 is 6.18 Å². The Morgan fingerprint density at radius 1 is 1.23 bits per heavy atom. The molecular formula is C26H30F5N5O3S. The molecule has 0 bridgehead atoms. The fraction of sp³-hybridized carbons (Fsp3) is 0.615. The van der Waals surface area contributed by atoms with Crippen LogP contribution in [-0.4, -0.2) is 68.5 Å². The van der Waals surface area contributed by atoms with Crippen LogP contribution in [0.5, 0.6) is 0 Å². The van der Waals surface area contributed by atoms with E-state index in [1.165, 1.54) is 6.92 Å². The van der Waals surface area contributed by atoms with Gasteiger partial charge < -0.3 is 20.6 Å². The zero-order valence-corrected chi connectivity index (χ0v) is 22.7. The summed E-state index contributed by atoms with van der Waals surface area (Å²) in [7, 11) is 0. The number of carbonyl (C=O) groups excluding carboxylic acids is 2. The number of likely N-dealkylation sites (tertiary alicyclic amines) is 1. The molecule has 8 nitrogen and oxygen atoms in total. The van der Waals surface area contributed by atoms with Crippen molar-refractivity contribution in [2.24, 2.45) is 5.92 Å². The lowest BCUT2D eigenvalue weighted by atomic mass is 10.1. The summed E-state index contributed by atoms with van der Waals surface area (Å²) in [6.45, 7) is 2.37. The summed E-state index contributed by atoms with van der Waals surface area (Å²) >= 11 is 0.558. The Hall–Kier alpha value is -2.87. The molecule has 2 aliphatic carbocycles. The minimum atomic E-state index is -4.85. The number of aromatic nitrogens is 2. The molecule has 3 aliphatic rings. The largest absolute Gasteiger partial charge is 0.417 e. The molecule has 3 heterocycles. The first-order valence-corrected chi connectivity index (χ1v) is 14.1. The normalized spacial score (nSPS) is 25.2. The van der Waals surface area contributed by atoms with Crippen LogP contribution in [0.25, 0.3) is 10.4 Å². The summed E-state index contributed by atoms with van der Waals surface area (Å²) in [6, 6.07) is -0.690. The van der Waals surface area contributed by atoms with Gasteiger partial charge in [0.1, 0.15) is 11.5 Å². The molecule has 4 atom stereocenters. The first-order valence-electron chi connectivity index (χ1n) is 13.3. The van der Waals surface area contributed by atoms with E-state index < -0.39 is 71.9 Å². The summed E-state index contributed by atoms with van der Waals surface area (Å²) in [5.41, 5.74) is -2.09. The van der Waals surface area contributed by atoms with Crippen LogP contribution in [0.15, 0.2) is 12.3 Å². The lowest BCUT2D eigenvalue weighted by Crippen LogP contribution is -2.40. The lowest BCUT2D eigenvalue weighted by Gasteiger charge is -2.21. The van der Waals surface area contributed by atoms with Crippen molar-refractivity contribution in [3.63, 3.8) is 0 Å². The third kappa shape index (κ3) is 5.92. The Morgan fingerprint density at radius 3 is 2.52 bits per heavy atom. The molecule has 2 aromatic heterocycles. The lowest BCUT2D eigenvalue weighted by molar-refractivity contribution is -0.137. The van der Waals surface area contributed by atoms with Gasteiger partial charge in [0.05, 0.1) is 29.1 Å². The van der Waals surface area contributed by atoms with Crippen LogP contribution in [0.2, 0.25) is 0 Å². The highest BCUT2D eigenvalue weighted by Crippen LogP contribution is 2.43. The van der Waals surface area contributed by atoms with Crippen molar-refractivity contribution in [2.75, 3.05) is 11.9 Å². The number of nitrogens with zero attached hydrogens (tertiary/aromatic N) is 3. The molecule has 0 radical (unpaired) electrons. The van der Waals surface area contributed by atoms with Crippen LogP contribution in [-0.2, 0) is 6.18 Å². The average Bonchev–Trinajstić information content (AvgIpc) is 3.41. The number of hydrogen-bond acceptors (Lipinski definition) is 7. The molecule has 14 heteroatoms. The number of anilines is 1. The van der Waals surface area contributed by atoms with E-state index in [1.807, 2.05) is 6.92 Å². The maximum atomic E-state index is 14.3. The number of amides is 2. The minimum absolute atomic E-state index is 0.00821. The number of thiazole rings is 1. The monoisotopic (exact) mass is 587 g/mol. The number of aliphatic hydroxyl groups excluding tert-OH is 1. The third-order valence-electron chi connectivity index (χ3n) is 7.77. The minimum Gasteiger partial charge on any atom is -0.391 e. The first-order chi connectivity index (χ1) is 18.7. The molecule has 40 heavy (non-hydrogen) atoms. The molecule has 3 N–H and O–H groups in total. The van der Waals surface area contributed by atoms with Gasteiger partial charge in [0.25, 0.3) is 17.7 Å². The maximum absolute atomic E-state index is 14.3. The van der Waals surface area contributed by atoms with Crippen LogP contribution >= 0.6 is 11.3 Å². The molecule has 1 unspecified atom stereocenters. The third-order valence-corrected chi connectivity index (χ3v) is 8.85. The SMILES string of the molecule is CC(Nc1cc(C(F)(F)F)c(-c2sc(C(=O)N[C@@H]3CCC[C@@H]3O)nc2C(=O)N2CC(F)(F)C[C@@H]2C)cn1)C1CC1. The van der Waals surface area contributed by atoms with E-state index in [-0.39, 0.29) is 21.7 Å². The van der Waals surface area contributed by atoms with E-state index in [1.54, 1.807) is 0 Å². The fourth-order valence-electron chi connectivity index (χ4n) is 5.40. The highest BCUT2D eigenvalue weighted by molar-refractivity contribution is 7.17. The summed E-state index contributed by atoms with van der Waals surface area (Å²) in [4.78, 5) is 35.3. The molecular weight excluding hydrogens is 557 g/mol. The Balaban J connectivity index is 1.55. The molecule has 3 fully saturated rings. The van der Waals surface area contributed by atoms with Crippen LogP contribution in [0.1, 0.15) is 78.2 Å². The number of pyridine rings is 1. The van der Waals surface area contributed by atoms with Crippen LogP contribution in [0.3, 0.4) is 0 Å². The van der Waals surface area contributed by atoms with Gasteiger partial charge in [0.2, 0.25) is 0 Å². The fourth-order valence-corrected chi connectivity index (χ4v) is 6.38. The van der Waals surface area contributed by atoms with Crippen LogP contribution in [0.4, 0.5) is 27.8 Å². The number of alkyl halides is 5. The van der Waals surface area contributed by atoms with E-state index in [4.69, 9.17) is 0 Å². The van der Waals surface area contributed by atoms with Crippen molar-refractivity contribution >= 4 is 29.0 Å². The quantitative estimate of drug-likeness (QED) is 0.396. The van der Waals surface area contributed by atoms with Gasteiger partial charge in [0.15, 0.2) is 5.01 Å². The van der Waals surface area contributed by atoms with Crippen LogP contribution < -0.4 is 10.6 Å². The average molecular weight is 588 g/mol. The van der Waals surface area contributed by atoms with Gasteiger partial charge in [-0.15, -0.1) is 11.3 Å². The van der Waals surface area contributed by atoms with E-state index in [9.17, 15) is 36.6 Å². The highest BCUT2D eigenvalue weighted by Gasteiger charge is 2.47. The summed E-state index contributed by atoms with van der Waals surface area (Å²) < 4.78 is 71.2. The second kappa shape index (κ2) is 10.5. The number of carbonyl (C=O) groups is 2. The molecule has 2 aromatic rings. The molecule has 0 aromatic carbocycles. The van der Waals surface area contributed by atoms with Crippen molar-refractivity contribution in [2.45, 2.75) is 88.7 Å². The maximum Gasteiger partial charge on any atom is 0.417 e. The van der Waals surface area contributed by atoms with Gasteiger partial charge in [-0.1, -0.05) is 0 Å². The van der Waals surface area contributed by atoms with Crippen molar-refractivity contribution in [1.82, 2.24) is 20.2 Å². The van der Waals surface area contributed by atoms with Gasteiger partial charge in [-0.25, -0.2) is 18.7 Å². The highest BCUT2D eigenvalue weighted by atomic mass is 32.1. The molecule has 0 spiro atoms. The van der Waals surface area contributed by atoms with E-state index >= 15 is 0 Å². The van der Waals surface area contributed by atoms with E-state index in [2.05, 4.69) is 20.6 Å². The van der Waals surface area contributed by atoms with Gasteiger partial charge in [-0.3, -0.25) is 9.59 Å². The number of rotatable bonds is 7. The van der Waals surface area contributed by atoms with Gasteiger partial charge in [-0.05, 0) is 57.9 Å². The topological polar surface area (TPSA) is 107 Å². The van der Waals surface area contributed by atoms with Gasteiger partial charge in [0, 0.05) is 30.3 Å². The molecule has 5 rings (SSSR count). The molecule has 2 saturated carbocycles. The van der Waals surface area contributed by atoms with Crippen molar-refractivity contribution < 1.29 is 36.6 Å². The Kier molecular flexibility index (Phi) is 7.53. The predicted octanol–water partition coefficient (Wildman–Crippen LogP) is 4.95. The molecule has 1 saturated heterocycles. The Bertz CT molecular complexity index is 1300. The van der Waals surface area contributed by atoms with Crippen molar-refractivity contribution in [3.05, 3.63) is 28.5 Å². The zero-order chi connectivity index (χ0) is 29.0. The first kappa shape index (κ1) is 28.7. The molecule has 2 amide bonds. The summed E-state index contributed by atoms with van der Waals surface area (Å²) in [5, 5.41) is 15.4. The van der Waals surface area contributed by atoms with Crippen molar-refractivity contribution in [3.8, 4) is 10.4 Å². The zero-order valence-electron chi connectivity index (χ0n) is 21.9. The van der Waals surface area contributed by atoms with Gasteiger partial charge in [-0.2, -0.15) is 13.2 Å². The summed E-state index contributed by atoms with van der Waals surface area (Å²) in [5.74, 6) is -4.56. The van der Waals surface area contributed by atoms with E-state index in [0.29, 0.717) is 36.5 Å². The van der Waals surface area contributed by atoms with E-state index in [0.717, 1.165) is 30.0 Å². The standard InChI is InChI=1S/C26H30F5N5O3S/c1-12-9-25(27,28)11-36(12)24(39)20-21(40-23(35-20)22(38)34-17-4-3-5-18(17)37)15-10-32-19(8-16(15)26(29,30)31)33-13(2)14-6-7-14/h8,10,12-14,17-18,37H,3-7,9,11H2,1-2H3,(H,32,33)(H,34,38)/t12-,13?,17+,18-/m0/s1. The Morgan fingerprint density at radius 2 is 1.95 bits per heavy atom. The number of aliphatic hydroxyl groups is 1. The van der Waals surface area contributed by atoms with Crippen molar-refractivity contribution in [1.29, 1.82) is 0 Å². The molecule has 1 aliphatic heterocycles. The van der Waals surface area contributed by atoms with Crippen LogP contribution in [0, 0.1) is 5.92 Å². The summed E-state index contributed by atoms with van der Waals surface area (Å²) in [6.07, 6.45) is -1.64. The number of hydrogen-bond donors (Lipinski definition) is 3. The number of halogens is 5.